The second-order valence-electron chi connectivity index (χ2n) is 7.68. The number of hydrogen-bond donors (Lipinski definition) is 1. The van der Waals surface area contributed by atoms with E-state index < -0.39 is 22.3 Å². The van der Waals surface area contributed by atoms with Gasteiger partial charge in [0.2, 0.25) is 0 Å². The predicted octanol–water partition coefficient (Wildman–Crippen LogP) is 3.32. The van der Waals surface area contributed by atoms with Crippen molar-refractivity contribution < 1.29 is 9.90 Å². The van der Waals surface area contributed by atoms with Gasteiger partial charge in [0, 0.05) is 11.6 Å². The first-order valence-corrected chi connectivity index (χ1v) is 14.0. The molecule has 0 aromatic rings. The van der Waals surface area contributed by atoms with Gasteiger partial charge in [-0.1, -0.05) is 37.9 Å². The Kier molecular flexibility index (Phi) is 3.84. The zero-order valence-electron chi connectivity index (χ0n) is 12.9. The van der Waals surface area contributed by atoms with Crippen LogP contribution in [0.25, 0.3) is 0 Å². The van der Waals surface area contributed by atoms with Crippen molar-refractivity contribution >= 4 is 22.3 Å². The van der Waals surface area contributed by atoms with Crippen LogP contribution in [0.15, 0.2) is 10.8 Å². The fourth-order valence-electron chi connectivity index (χ4n) is 3.79. The van der Waals surface area contributed by atoms with Crippen LogP contribution < -0.4 is 0 Å². The maximum Gasteiger partial charge on any atom is 0.331 e. The Morgan fingerprint density at radius 3 is 2.32 bits per heavy atom. The first kappa shape index (κ1) is 15.0. The summed E-state index contributed by atoms with van der Waals surface area (Å²) in [6.07, 6.45) is 3.11. The molecule has 0 saturated carbocycles. The number of carbonyl (C=O) groups is 1. The molecule has 1 N–H and O–H groups in total. The summed E-state index contributed by atoms with van der Waals surface area (Å²) in [5.41, 5.74) is 0.751. The highest BCUT2D eigenvalue weighted by molar-refractivity contribution is 6.83. The maximum atomic E-state index is 11.5. The molecule has 108 valence electrons. The summed E-state index contributed by atoms with van der Waals surface area (Å²) in [6, 6.07) is 1.85. The molecule has 0 aromatic heterocycles. The van der Waals surface area contributed by atoms with E-state index in [1.54, 1.807) is 0 Å². The van der Waals surface area contributed by atoms with Crippen molar-refractivity contribution in [2.75, 3.05) is 6.54 Å². The van der Waals surface area contributed by atoms with Gasteiger partial charge in [-0.2, -0.15) is 0 Å². The van der Waals surface area contributed by atoms with Crippen LogP contribution in [-0.4, -0.2) is 44.5 Å². The number of hydrogen-bond acceptors (Lipinski definition) is 2. The van der Waals surface area contributed by atoms with Crippen molar-refractivity contribution in [3.63, 3.8) is 0 Å². The lowest BCUT2D eigenvalue weighted by molar-refractivity contribution is -0.132. The maximum absolute atomic E-state index is 11.5. The lowest BCUT2D eigenvalue weighted by Crippen LogP contribution is -2.49. The molecule has 5 heteroatoms. The third-order valence-corrected chi connectivity index (χ3v) is 10.9. The molecule has 2 rings (SSSR count). The Bertz CT molecular complexity index is 424. The highest BCUT2D eigenvalue weighted by atomic mass is 28.3. The normalized spacial score (nSPS) is 28.2. The molecule has 3 nitrogen and oxygen atoms in total. The van der Waals surface area contributed by atoms with Crippen molar-refractivity contribution in [3.8, 4) is 0 Å². The van der Waals surface area contributed by atoms with Crippen LogP contribution in [0.5, 0.6) is 0 Å². The van der Waals surface area contributed by atoms with E-state index in [-0.39, 0.29) is 0 Å². The third kappa shape index (κ3) is 2.88. The molecule has 0 bridgehead atoms. The smallest absolute Gasteiger partial charge is 0.331 e. The Hall–Kier alpha value is -0.396. The van der Waals surface area contributed by atoms with Crippen LogP contribution in [0.1, 0.15) is 19.3 Å². The van der Waals surface area contributed by atoms with E-state index in [2.05, 4.69) is 37.3 Å². The molecule has 0 radical (unpaired) electrons. The molecule has 1 atom stereocenters. The molecule has 1 fully saturated rings. The Morgan fingerprint density at radius 1 is 1.32 bits per heavy atom. The molecule has 0 spiro atoms. The van der Waals surface area contributed by atoms with Gasteiger partial charge in [-0.15, -0.1) is 0 Å². The van der Waals surface area contributed by atoms with Crippen molar-refractivity contribution in [1.82, 2.24) is 4.57 Å². The minimum atomic E-state index is -1.50. The van der Waals surface area contributed by atoms with Gasteiger partial charge in [0.25, 0.3) is 0 Å². The quantitative estimate of drug-likeness (QED) is 0.812. The van der Waals surface area contributed by atoms with E-state index in [0.717, 1.165) is 18.4 Å². The van der Waals surface area contributed by atoms with Gasteiger partial charge in [-0.05, 0) is 31.9 Å². The zero-order valence-corrected chi connectivity index (χ0v) is 14.9. The van der Waals surface area contributed by atoms with Gasteiger partial charge in [0.1, 0.15) is 8.24 Å². The standard InChI is InChI=1S/C14H27NO2Si2/c1-18(2,3)13-10-11(9-12(13)14(16)17)15-7-6-8-19(15,4)5/h11H,6-10H2,1-5H3,(H,16,17). The number of rotatable bonds is 3. The lowest BCUT2D eigenvalue weighted by atomic mass is 10.2. The van der Waals surface area contributed by atoms with Crippen molar-refractivity contribution in [1.29, 1.82) is 0 Å². The van der Waals surface area contributed by atoms with Crippen molar-refractivity contribution in [2.24, 2.45) is 0 Å². The van der Waals surface area contributed by atoms with Gasteiger partial charge in [0.15, 0.2) is 0 Å². The number of nitrogens with zero attached hydrogens (tertiary/aromatic N) is 1. The summed E-state index contributed by atoms with van der Waals surface area (Å²) >= 11 is 0. The molecule has 0 amide bonds. The van der Waals surface area contributed by atoms with E-state index >= 15 is 0 Å². The number of carboxylic acid groups (broad SMARTS) is 1. The summed E-state index contributed by atoms with van der Waals surface area (Å²) in [4.78, 5) is 11.5. The SMILES string of the molecule is C[Si](C)(C)C1=C(C(=O)O)CC(N2CCC[Si]2(C)C)C1. The minimum absolute atomic E-state index is 0.483. The minimum Gasteiger partial charge on any atom is -0.478 e. The van der Waals surface area contributed by atoms with Crippen LogP contribution in [0.4, 0.5) is 0 Å². The van der Waals surface area contributed by atoms with Crippen LogP contribution in [0.3, 0.4) is 0 Å². The number of aliphatic carboxylic acids is 1. The van der Waals surface area contributed by atoms with Crippen LogP contribution in [0, 0.1) is 0 Å². The Labute approximate surface area is 118 Å². The van der Waals surface area contributed by atoms with E-state index in [0.29, 0.717) is 6.04 Å². The predicted molar refractivity (Wildman–Crippen MR) is 84.6 cm³/mol. The fourth-order valence-corrected chi connectivity index (χ4v) is 9.00. The lowest BCUT2D eigenvalue weighted by Gasteiger charge is -2.36. The average Bonchev–Trinajstić information content (AvgIpc) is 2.79. The zero-order chi connectivity index (χ0) is 14.4. The van der Waals surface area contributed by atoms with Crippen molar-refractivity contribution in [2.45, 2.75) is 64.1 Å². The number of carboxylic acids is 1. The van der Waals surface area contributed by atoms with Gasteiger partial charge in [0.05, 0.1) is 8.07 Å². The summed E-state index contributed by atoms with van der Waals surface area (Å²) in [5, 5.41) is 10.8. The molecule has 1 unspecified atom stereocenters. The second-order valence-corrected chi connectivity index (χ2v) is 17.5. The fraction of sp³-hybridized carbons (Fsp3) is 0.786. The molecular formula is C14H27NO2Si2. The van der Waals surface area contributed by atoms with E-state index in [4.69, 9.17) is 0 Å². The summed E-state index contributed by atoms with van der Waals surface area (Å²) in [7, 11) is -2.76. The van der Waals surface area contributed by atoms with E-state index in [1.807, 2.05) is 0 Å². The van der Waals surface area contributed by atoms with Gasteiger partial charge in [-0.3, -0.25) is 0 Å². The molecule has 2 aliphatic rings. The summed E-state index contributed by atoms with van der Waals surface area (Å²) in [6.45, 7) is 12.9. The van der Waals surface area contributed by atoms with E-state index in [9.17, 15) is 9.90 Å². The first-order chi connectivity index (χ1) is 8.63. The second kappa shape index (κ2) is 4.86. The molecule has 1 saturated heterocycles. The molecule has 1 aliphatic carbocycles. The molecule has 0 aromatic carbocycles. The third-order valence-electron chi connectivity index (χ3n) is 4.81. The van der Waals surface area contributed by atoms with Gasteiger partial charge >= 0.3 is 5.97 Å². The van der Waals surface area contributed by atoms with Crippen LogP contribution >= 0.6 is 0 Å². The Balaban J connectivity index is 2.22. The largest absolute Gasteiger partial charge is 0.478 e. The van der Waals surface area contributed by atoms with Crippen molar-refractivity contribution in [3.05, 3.63) is 10.8 Å². The van der Waals surface area contributed by atoms with Crippen LogP contribution in [0.2, 0.25) is 38.8 Å². The average molecular weight is 298 g/mol. The molecular weight excluding hydrogens is 270 g/mol. The van der Waals surface area contributed by atoms with E-state index in [1.165, 1.54) is 24.2 Å². The molecule has 1 heterocycles. The highest BCUT2D eigenvalue weighted by Crippen LogP contribution is 2.40. The van der Waals surface area contributed by atoms with Gasteiger partial charge < -0.3 is 9.67 Å². The van der Waals surface area contributed by atoms with Gasteiger partial charge in [-0.25, -0.2) is 4.79 Å². The van der Waals surface area contributed by atoms with Crippen LogP contribution in [-0.2, 0) is 4.79 Å². The first-order valence-electron chi connectivity index (χ1n) is 7.35. The molecule has 19 heavy (non-hydrogen) atoms. The highest BCUT2D eigenvalue weighted by Gasteiger charge is 2.44. The molecule has 1 aliphatic heterocycles. The Morgan fingerprint density at radius 2 is 1.95 bits per heavy atom. The topological polar surface area (TPSA) is 40.5 Å². The summed E-state index contributed by atoms with van der Waals surface area (Å²) < 4.78 is 2.70. The summed E-state index contributed by atoms with van der Waals surface area (Å²) in [5.74, 6) is -0.668. The monoisotopic (exact) mass is 297 g/mol.